The van der Waals surface area contributed by atoms with Crippen molar-refractivity contribution in [3.8, 4) is 5.75 Å². The zero-order valence-electron chi connectivity index (χ0n) is 16.8. The van der Waals surface area contributed by atoms with Crippen molar-refractivity contribution in [1.29, 1.82) is 0 Å². The molecule has 1 aromatic rings. The fraction of sp³-hybridized carbons (Fsp3) is 0.600. The summed E-state index contributed by atoms with van der Waals surface area (Å²) in [4.78, 5) is 27.2. The van der Waals surface area contributed by atoms with Gasteiger partial charge in [-0.1, -0.05) is 26.0 Å². The third kappa shape index (κ3) is 6.27. The van der Waals surface area contributed by atoms with Gasteiger partial charge < -0.3 is 20.7 Å². The zero-order chi connectivity index (χ0) is 20.7. The van der Waals surface area contributed by atoms with E-state index in [-0.39, 0.29) is 42.1 Å². The smallest absolute Gasteiger partial charge is 0.387 e. The number of nitrogens with one attached hydrogen (secondary N) is 1. The molecule has 1 saturated heterocycles. The average molecular weight is 434 g/mol. The molecule has 0 spiro atoms. The van der Waals surface area contributed by atoms with Crippen LogP contribution in [-0.4, -0.2) is 48.5 Å². The van der Waals surface area contributed by atoms with Crippen molar-refractivity contribution in [2.45, 2.75) is 51.7 Å². The largest absolute Gasteiger partial charge is 0.434 e. The van der Waals surface area contributed by atoms with E-state index in [4.69, 9.17) is 5.73 Å². The summed E-state index contributed by atoms with van der Waals surface area (Å²) in [6, 6.07) is 5.92. The number of para-hydroxylation sites is 1. The van der Waals surface area contributed by atoms with Crippen LogP contribution in [0.3, 0.4) is 0 Å². The van der Waals surface area contributed by atoms with Crippen LogP contribution in [0.2, 0.25) is 0 Å². The van der Waals surface area contributed by atoms with Crippen LogP contribution in [0.1, 0.15) is 49.9 Å². The molecule has 1 heterocycles. The molecule has 2 amide bonds. The molecular weight excluding hydrogens is 404 g/mol. The molecule has 0 bridgehead atoms. The van der Waals surface area contributed by atoms with Gasteiger partial charge in [-0.3, -0.25) is 9.59 Å². The van der Waals surface area contributed by atoms with Crippen LogP contribution in [0, 0.1) is 5.92 Å². The van der Waals surface area contributed by atoms with Crippen LogP contribution in [0.15, 0.2) is 24.3 Å². The molecule has 0 radical (unpaired) electrons. The summed E-state index contributed by atoms with van der Waals surface area (Å²) in [5.41, 5.74) is 5.49. The Balaban J connectivity index is 0.00000420. The quantitative estimate of drug-likeness (QED) is 0.659. The number of nitrogens with two attached hydrogens (primary N) is 1. The van der Waals surface area contributed by atoms with E-state index in [1.807, 2.05) is 13.8 Å². The Morgan fingerprint density at radius 2 is 1.97 bits per heavy atom. The van der Waals surface area contributed by atoms with Gasteiger partial charge in [-0.25, -0.2) is 0 Å². The number of alkyl halides is 2. The summed E-state index contributed by atoms with van der Waals surface area (Å²) in [7, 11) is 0. The molecule has 6 nitrogen and oxygen atoms in total. The van der Waals surface area contributed by atoms with Crippen molar-refractivity contribution in [2.75, 3.05) is 19.6 Å². The van der Waals surface area contributed by atoms with Crippen molar-refractivity contribution < 1.29 is 23.1 Å². The van der Waals surface area contributed by atoms with Crippen molar-refractivity contribution in [3.05, 3.63) is 29.8 Å². The highest BCUT2D eigenvalue weighted by Crippen LogP contribution is 2.26. The first-order valence-corrected chi connectivity index (χ1v) is 9.71. The number of carbonyl (C=O) groups is 2. The molecule has 1 aliphatic heterocycles. The predicted molar refractivity (Wildman–Crippen MR) is 109 cm³/mol. The van der Waals surface area contributed by atoms with Crippen LogP contribution in [0.25, 0.3) is 0 Å². The molecule has 0 aliphatic carbocycles. The monoisotopic (exact) mass is 433 g/mol. The summed E-state index contributed by atoms with van der Waals surface area (Å²) in [6.07, 6.45) is 2.77. The number of piperidine rings is 1. The fourth-order valence-electron chi connectivity index (χ4n) is 3.52. The van der Waals surface area contributed by atoms with Crippen molar-refractivity contribution in [1.82, 2.24) is 10.2 Å². The lowest BCUT2D eigenvalue weighted by atomic mass is 9.90. The highest BCUT2D eigenvalue weighted by molar-refractivity contribution is 5.97. The number of hydrogen-bond acceptors (Lipinski definition) is 4. The van der Waals surface area contributed by atoms with Gasteiger partial charge in [0.15, 0.2) is 0 Å². The van der Waals surface area contributed by atoms with Gasteiger partial charge in [-0.15, -0.1) is 12.4 Å². The van der Waals surface area contributed by atoms with Crippen molar-refractivity contribution >= 4 is 24.2 Å². The number of ether oxygens (including phenoxy) is 1. The van der Waals surface area contributed by atoms with Crippen LogP contribution in [0.5, 0.6) is 5.75 Å². The minimum absolute atomic E-state index is 0. The van der Waals surface area contributed by atoms with Gasteiger partial charge in [0, 0.05) is 19.6 Å². The third-order valence-electron chi connectivity index (χ3n) is 5.55. The van der Waals surface area contributed by atoms with E-state index in [0.29, 0.717) is 25.9 Å². The molecule has 164 valence electrons. The average Bonchev–Trinajstić information content (AvgIpc) is 2.71. The molecule has 0 aromatic heterocycles. The predicted octanol–water partition coefficient (Wildman–Crippen LogP) is 3.20. The number of amides is 2. The molecule has 29 heavy (non-hydrogen) atoms. The maximum atomic E-state index is 12.9. The SMILES string of the molecule is CCC(CC)(CN)NC(=O)C1CCCN(C(=O)c2ccccc2OC(F)F)C1.Cl. The molecular formula is C20H30ClF2N3O3. The molecule has 1 unspecified atom stereocenters. The Labute approximate surface area is 176 Å². The number of carbonyl (C=O) groups excluding carboxylic acids is 2. The number of halogens is 3. The first-order chi connectivity index (χ1) is 13.4. The van der Waals surface area contributed by atoms with Gasteiger partial charge in [0.2, 0.25) is 5.91 Å². The molecule has 1 atom stereocenters. The van der Waals surface area contributed by atoms with Gasteiger partial charge in [-0.05, 0) is 37.8 Å². The third-order valence-corrected chi connectivity index (χ3v) is 5.55. The van der Waals surface area contributed by atoms with Crippen LogP contribution >= 0.6 is 12.4 Å². The normalized spacial score (nSPS) is 16.9. The number of hydrogen-bond donors (Lipinski definition) is 2. The summed E-state index contributed by atoms with van der Waals surface area (Å²) in [5, 5.41) is 3.06. The first-order valence-electron chi connectivity index (χ1n) is 9.71. The maximum absolute atomic E-state index is 12.9. The van der Waals surface area contributed by atoms with E-state index in [2.05, 4.69) is 10.1 Å². The molecule has 0 saturated carbocycles. The lowest BCUT2D eigenvalue weighted by Crippen LogP contribution is -2.56. The number of rotatable bonds is 8. The second kappa shape index (κ2) is 11.3. The lowest BCUT2D eigenvalue weighted by Gasteiger charge is -2.36. The van der Waals surface area contributed by atoms with Gasteiger partial charge in [0.05, 0.1) is 17.0 Å². The van der Waals surface area contributed by atoms with Gasteiger partial charge in [0.1, 0.15) is 5.75 Å². The Hall–Kier alpha value is -1.93. The van der Waals surface area contributed by atoms with Gasteiger partial charge >= 0.3 is 6.61 Å². The Kier molecular flexibility index (Phi) is 9.79. The summed E-state index contributed by atoms with van der Waals surface area (Å²) in [5.74, 6) is -1.05. The Bertz CT molecular complexity index is 678. The molecule has 2 rings (SSSR count). The number of nitrogens with zero attached hydrogens (tertiary/aromatic N) is 1. The minimum Gasteiger partial charge on any atom is -0.434 e. The van der Waals surface area contributed by atoms with Gasteiger partial charge in [0.25, 0.3) is 5.91 Å². The standard InChI is InChI=1S/C20H29F2N3O3.ClH/c1-3-20(4-2,13-23)24-17(26)14-8-7-11-25(12-14)18(27)15-9-5-6-10-16(15)28-19(21)22;/h5-6,9-10,14,19H,3-4,7-8,11-13,23H2,1-2H3,(H,24,26);1H. The van der Waals surface area contributed by atoms with E-state index >= 15 is 0 Å². The van der Waals surface area contributed by atoms with Gasteiger partial charge in [-0.2, -0.15) is 8.78 Å². The maximum Gasteiger partial charge on any atom is 0.387 e. The van der Waals surface area contributed by atoms with Crippen molar-refractivity contribution in [2.24, 2.45) is 11.7 Å². The fourth-order valence-corrected chi connectivity index (χ4v) is 3.52. The molecule has 1 aromatic carbocycles. The van der Waals surface area contributed by atoms with Crippen molar-refractivity contribution in [3.63, 3.8) is 0 Å². The summed E-state index contributed by atoms with van der Waals surface area (Å²) >= 11 is 0. The van der Waals surface area contributed by atoms with E-state index in [9.17, 15) is 18.4 Å². The molecule has 9 heteroatoms. The second-order valence-electron chi connectivity index (χ2n) is 7.15. The second-order valence-corrected chi connectivity index (χ2v) is 7.15. The lowest BCUT2D eigenvalue weighted by molar-refractivity contribution is -0.128. The zero-order valence-corrected chi connectivity index (χ0v) is 17.6. The topological polar surface area (TPSA) is 84.7 Å². The first kappa shape index (κ1) is 25.1. The van der Waals surface area contributed by atoms with E-state index in [0.717, 1.165) is 12.8 Å². The van der Waals surface area contributed by atoms with Crippen LogP contribution in [0.4, 0.5) is 8.78 Å². The number of likely N-dealkylation sites (tertiary alicyclic amines) is 1. The van der Waals surface area contributed by atoms with E-state index in [1.54, 1.807) is 6.07 Å². The van der Waals surface area contributed by atoms with Crippen LogP contribution < -0.4 is 15.8 Å². The Morgan fingerprint density at radius 3 is 2.55 bits per heavy atom. The molecule has 3 N–H and O–H groups in total. The number of benzene rings is 1. The van der Waals surface area contributed by atoms with E-state index < -0.39 is 18.1 Å². The highest BCUT2D eigenvalue weighted by Gasteiger charge is 2.34. The minimum atomic E-state index is -3.01. The molecule has 1 aliphatic rings. The van der Waals surface area contributed by atoms with E-state index in [1.165, 1.54) is 23.1 Å². The summed E-state index contributed by atoms with van der Waals surface area (Å²) in [6.45, 7) is 2.00. The summed E-state index contributed by atoms with van der Waals surface area (Å²) < 4.78 is 29.7. The Morgan fingerprint density at radius 1 is 1.31 bits per heavy atom. The molecule has 1 fully saturated rings. The van der Waals surface area contributed by atoms with Crippen LogP contribution in [-0.2, 0) is 4.79 Å². The highest BCUT2D eigenvalue weighted by atomic mass is 35.5.